The van der Waals surface area contributed by atoms with Gasteiger partial charge in [0.2, 0.25) is 0 Å². The van der Waals surface area contributed by atoms with Gasteiger partial charge in [0.05, 0.1) is 30.9 Å². The van der Waals surface area contributed by atoms with Crippen LogP contribution in [0.5, 0.6) is 5.75 Å². The smallest absolute Gasteiger partial charge is 0.266 e. The number of ether oxygens (including phenoxy) is 2. The van der Waals surface area contributed by atoms with E-state index >= 15 is 0 Å². The van der Waals surface area contributed by atoms with Crippen LogP contribution in [0.3, 0.4) is 0 Å². The van der Waals surface area contributed by atoms with Crippen molar-refractivity contribution >= 4 is 46.2 Å². The SMILES string of the molecule is COCCN1C(=O)/C(=C/c2cccn2-c2ccc(C)c(Cl)c2)SC1=Nc1ccc(OC)cc1. The molecule has 33 heavy (non-hydrogen) atoms. The minimum atomic E-state index is -0.0981. The normalized spacial score (nSPS) is 16.2. The molecule has 1 aliphatic rings. The van der Waals surface area contributed by atoms with E-state index in [0.717, 1.165) is 28.4 Å². The van der Waals surface area contributed by atoms with Gasteiger partial charge in [0.1, 0.15) is 5.75 Å². The number of halogens is 1. The highest BCUT2D eigenvalue weighted by molar-refractivity contribution is 8.18. The minimum absolute atomic E-state index is 0.0981. The maximum atomic E-state index is 13.2. The lowest BCUT2D eigenvalue weighted by Crippen LogP contribution is -2.32. The van der Waals surface area contributed by atoms with Gasteiger partial charge in [-0.25, -0.2) is 4.99 Å². The highest BCUT2D eigenvalue weighted by Gasteiger charge is 2.33. The zero-order valence-corrected chi connectivity index (χ0v) is 20.2. The molecule has 4 rings (SSSR count). The van der Waals surface area contributed by atoms with E-state index in [2.05, 4.69) is 0 Å². The third-order valence-electron chi connectivity index (χ3n) is 5.20. The Labute approximate surface area is 202 Å². The molecular formula is C25H24ClN3O3S. The zero-order valence-electron chi connectivity index (χ0n) is 18.6. The summed E-state index contributed by atoms with van der Waals surface area (Å²) in [5.74, 6) is 0.655. The Bertz CT molecular complexity index is 1220. The summed E-state index contributed by atoms with van der Waals surface area (Å²) < 4.78 is 12.4. The number of amidine groups is 1. The number of thioether (sulfide) groups is 1. The lowest BCUT2D eigenvalue weighted by Gasteiger charge is -2.14. The summed E-state index contributed by atoms with van der Waals surface area (Å²) in [5, 5.41) is 1.32. The number of aryl methyl sites for hydroxylation is 1. The van der Waals surface area contributed by atoms with Crippen LogP contribution in [0, 0.1) is 6.92 Å². The van der Waals surface area contributed by atoms with Gasteiger partial charge in [-0.15, -0.1) is 0 Å². The Morgan fingerprint density at radius 2 is 1.91 bits per heavy atom. The molecule has 2 aromatic carbocycles. The predicted molar refractivity (Wildman–Crippen MR) is 135 cm³/mol. The summed E-state index contributed by atoms with van der Waals surface area (Å²) in [6.45, 7) is 2.81. The maximum Gasteiger partial charge on any atom is 0.266 e. The van der Waals surface area contributed by atoms with Crippen LogP contribution in [-0.4, -0.2) is 47.9 Å². The Hall–Kier alpha value is -3.00. The molecule has 0 N–H and O–H groups in total. The number of methoxy groups -OCH3 is 2. The molecule has 0 atom stereocenters. The third kappa shape index (κ3) is 5.16. The number of amides is 1. The Morgan fingerprint density at radius 1 is 1.12 bits per heavy atom. The highest BCUT2D eigenvalue weighted by atomic mass is 35.5. The molecule has 1 aromatic heterocycles. The second-order valence-corrected chi connectivity index (χ2v) is 8.81. The van der Waals surface area contributed by atoms with Gasteiger partial charge in [-0.1, -0.05) is 17.7 Å². The number of aliphatic imine (C=N–C) groups is 1. The Kier molecular flexibility index (Phi) is 7.23. The van der Waals surface area contributed by atoms with Crippen molar-refractivity contribution in [1.82, 2.24) is 9.47 Å². The van der Waals surface area contributed by atoms with E-state index < -0.39 is 0 Å². The summed E-state index contributed by atoms with van der Waals surface area (Å²) >= 11 is 7.68. The Balaban J connectivity index is 1.67. The number of hydrogen-bond acceptors (Lipinski definition) is 5. The fraction of sp³-hybridized carbons (Fsp3) is 0.200. The molecule has 0 spiro atoms. The molecule has 170 valence electrons. The first-order valence-electron chi connectivity index (χ1n) is 10.4. The zero-order chi connectivity index (χ0) is 23.4. The fourth-order valence-electron chi connectivity index (χ4n) is 3.35. The van der Waals surface area contributed by atoms with Gasteiger partial charge in [0, 0.05) is 29.7 Å². The lowest BCUT2D eigenvalue weighted by atomic mass is 10.2. The quantitative estimate of drug-likeness (QED) is 0.406. The van der Waals surface area contributed by atoms with Gasteiger partial charge in [-0.05, 0) is 78.9 Å². The second kappa shape index (κ2) is 10.3. The van der Waals surface area contributed by atoms with Gasteiger partial charge in [-0.3, -0.25) is 9.69 Å². The van der Waals surface area contributed by atoms with E-state index in [4.69, 9.17) is 26.1 Å². The average Bonchev–Trinajstić information content (AvgIpc) is 3.39. The number of rotatable bonds is 7. The summed E-state index contributed by atoms with van der Waals surface area (Å²) in [5.41, 5.74) is 3.57. The molecule has 1 fully saturated rings. The molecule has 0 saturated carbocycles. The first kappa shape index (κ1) is 23.2. The van der Waals surface area contributed by atoms with Gasteiger partial charge in [0.15, 0.2) is 5.17 Å². The van der Waals surface area contributed by atoms with Gasteiger partial charge in [-0.2, -0.15) is 0 Å². The van der Waals surface area contributed by atoms with E-state index in [1.54, 1.807) is 19.1 Å². The highest BCUT2D eigenvalue weighted by Crippen LogP contribution is 2.35. The number of benzene rings is 2. The van der Waals surface area contributed by atoms with Gasteiger partial charge >= 0.3 is 0 Å². The van der Waals surface area contributed by atoms with Crippen molar-refractivity contribution < 1.29 is 14.3 Å². The standard InChI is InChI=1S/C25H24ClN3O3S/c1-17-6-9-20(15-22(17)26)28-12-4-5-19(28)16-23-24(30)29(13-14-31-2)25(33-23)27-18-7-10-21(32-3)11-8-18/h4-12,15-16H,13-14H2,1-3H3/b23-16-,27-25?. The first-order chi connectivity index (χ1) is 16.0. The molecule has 1 aliphatic heterocycles. The Morgan fingerprint density at radius 3 is 2.61 bits per heavy atom. The summed E-state index contributed by atoms with van der Waals surface area (Å²) in [4.78, 5) is 20.2. The van der Waals surface area contributed by atoms with Crippen LogP contribution in [0.15, 0.2) is 70.7 Å². The van der Waals surface area contributed by atoms with E-state index in [-0.39, 0.29) is 5.91 Å². The van der Waals surface area contributed by atoms with Crippen molar-refractivity contribution in [3.05, 3.63) is 82.0 Å². The van der Waals surface area contributed by atoms with E-state index in [0.29, 0.717) is 28.2 Å². The van der Waals surface area contributed by atoms with Crippen LogP contribution in [0.2, 0.25) is 5.02 Å². The summed E-state index contributed by atoms with van der Waals surface area (Å²) in [6.07, 6.45) is 3.84. The van der Waals surface area contributed by atoms with Crippen molar-refractivity contribution in [2.24, 2.45) is 4.99 Å². The fourth-order valence-corrected chi connectivity index (χ4v) is 4.54. The maximum absolute atomic E-state index is 13.2. The van der Waals surface area contributed by atoms with E-state index in [1.165, 1.54) is 11.8 Å². The number of nitrogens with zero attached hydrogens (tertiary/aromatic N) is 3. The number of hydrogen-bond donors (Lipinski definition) is 0. The topological polar surface area (TPSA) is 56.1 Å². The van der Waals surface area contributed by atoms with E-state index in [1.807, 2.05) is 78.4 Å². The monoisotopic (exact) mass is 481 g/mol. The molecule has 1 saturated heterocycles. The van der Waals surface area contributed by atoms with Crippen molar-refractivity contribution in [2.45, 2.75) is 6.92 Å². The largest absolute Gasteiger partial charge is 0.497 e. The minimum Gasteiger partial charge on any atom is -0.497 e. The molecule has 6 nitrogen and oxygen atoms in total. The number of carbonyl (C=O) groups is 1. The number of aromatic nitrogens is 1. The summed E-state index contributed by atoms with van der Waals surface area (Å²) in [6, 6.07) is 17.2. The van der Waals surface area contributed by atoms with Crippen molar-refractivity contribution in [3.63, 3.8) is 0 Å². The predicted octanol–water partition coefficient (Wildman–Crippen LogP) is 5.70. The van der Waals surface area contributed by atoms with E-state index in [9.17, 15) is 4.79 Å². The molecular weight excluding hydrogens is 458 g/mol. The molecule has 3 aromatic rings. The molecule has 1 amide bonds. The van der Waals surface area contributed by atoms with Crippen LogP contribution >= 0.6 is 23.4 Å². The molecule has 8 heteroatoms. The second-order valence-electron chi connectivity index (χ2n) is 7.39. The molecule has 0 unspecified atom stereocenters. The third-order valence-corrected chi connectivity index (χ3v) is 6.61. The van der Waals surface area contributed by atoms with Crippen LogP contribution < -0.4 is 4.74 Å². The van der Waals surface area contributed by atoms with Crippen molar-refractivity contribution in [1.29, 1.82) is 0 Å². The van der Waals surface area contributed by atoms with Crippen molar-refractivity contribution in [2.75, 3.05) is 27.4 Å². The van der Waals surface area contributed by atoms with Gasteiger partial charge < -0.3 is 14.0 Å². The first-order valence-corrected chi connectivity index (χ1v) is 11.6. The van der Waals surface area contributed by atoms with Crippen LogP contribution in [0.1, 0.15) is 11.3 Å². The molecule has 0 aliphatic carbocycles. The molecule has 0 radical (unpaired) electrons. The van der Waals surface area contributed by atoms with Crippen LogP contribution in [0.4, 0.5) is 5.69 Å². The molecule has 0 bridgehead atoms. The van der Waals surface area contributed by atoms with Gasteiger partial charge in [0.25, 0.3) is 5.91 Å². The summed E-state index contributed by atoms with van der Waals surface area (Å²) in [7, 11) is 3.24. The van der Waals surface area contributed by atoms with Crippen LogP contribution in [0.25, 0.3) is 11.8 Å². The van der Waals surface area contributed by atoms with Crippen molar-refractivity contribution in [3.8, 4) is 11.4 Å². The average molecular weight is 482 g/mol. The number of carbonyl (C=O) groups excluding carboxylic acids is 1. The van der Waals surface area contributed by atoms with Crippen LogP contribution in [-0.2, 0) is 9.53 Å². The lowest BCUT2D eigenvalue weighted by molar-refractivity contribution is -0.122. The molecule has 2 heterocycles.